The van der Waals surface area contributed by atoms with E-state index in [4.69, 9.17) is 9.47 Å². The first kappa shape index (κ1) is 18.2. The van der Waals surface area contributed by atoms with Crippen LogP contribution >= 0.6 is 15.9 Å². The van der Waals surface area contributed by atoms with E-state index in [0.717, 1.165) is 28.5 Å². The lowest BCUT2D eigenvalue weighted by molar-refractivity contribution is 0.0786. The minimum atomic E-state index is -1.09. The Bertz CT molecular complexity index is 623. The van der Waals surface area contributed by atoms with E-state index in [1.807, 2.05) is 31.2 Å². The fourth-order valence-electron chi connectivity index (χ4n) is 1.94. The van der Waals surface area contributed by atoms with E-state index in [9.17, 15) is 0 Å². The monoisotopic (exact) mass is 397 g/mol. The topological polar surface area (TPSA) is 49.2 Å². The van der Waals surface area contributed by atoms with Gasteiger partial charge in [0.2, 0.25) is 0 Å². The van der Waals surface area contributed by atoms with Crippen LogP contribution in [0.1, 0.15) is 6.92 Å². The zero-order valence-corrected chi connectivity index (χ0v) is 16.8. The van der Waals surface area contributed by atoms with Crippen LogP contribution in [0.15, 0.2) is 28.7 Å². The molecule has 2 rings (SSSR count). The molecule has 5 nitrogen and oxygen atoms in total. The summed E-state index contributed by atoms with van der Waals surface area (Å²) in [6, 6.07) is 9.50. The highest BCUT2D eigenvalue weighted by molar-refractivity contribution is 9.10. The van der Waals surface area contributed by atoms with Crippen molar-refractivity contribution >= 4 is 24.0 Å². The molecule has 23 heavy (non-hydrogen) atoms. The van der Waals surface area contributed by atoms with Crippen LogP contribution in [-0.4, -0.2) is 36.1 Å². The van der Waals surface area contributed by atoms with E-state index >= 15 is 0 Å². The molecule has 0 saturated carbocycles. The van der Waals surface area contributed by atoms with Gasteiger partial charge in [-0.15, -0.1) is 5.10 Å². The van der Waals surface area contributed by atoms with Gasteiger partial charge in [-0.25, -0.2) is 4.68 Å². The second kappa shape index (κ2) is 8.08. The van der Waals surface area contributed by atoms with Crippen molar-refractivity contribution in [3.63, 3.8) is 0 Å². The molecule has 0 aliphatic rings. The van der Waals surface area contributed by atoms with Gasteiger partial charge in [0.15, 0.2) is 5.82 Å². The summed E-state index contributed by atoms with van der Waals surface area (Å²) in [5, 5.41) is 4.39. The van der Waals surface area contributed by atoms with Gasteiger partial charge in [-0.1, -0.05) is 47.7 Å². The van der Waals surface area contributed by atoms with Crippen LogP contribution in [-0.2, 0) is 11.5 Å². The van der Waals surface area contributed by atoms with Gasteiger partial charge in [-0.05, 0) is 25.1 Å². The third-order valence-electron chi connectivity index (χ3n) is 3.24. The highest BCUT2D eigenvalue weighted by Crippen LogP contribution is 2.22. The average Bonchev–Trinajstić information content (AvgIpc) is 2.87. The van der Waals surface area contributed by atoms with Gasteiger partial charge in [-0.2, -0.15) is 4.98 Å². The summed E-state index contributed by atoms with van der Waals surface area (Å²) in [7, 11) is -1.09. The first-order valence-electron chi connectivity index (χ1n) is 7.80. The molecule has 0 fully saturated rings. The molecule has 1 aromatic carbocycles. The Morgan fingerprint density at radius 3 is 2.48 bits per heavy atom. The summed E-state index contributed by atoms with van der Waals surface area (Å²) < 4.78 is 14.0. The number of ether oxygens (including phenoxy) is 2. The lowest BCUT2D eigenvalue weighted by atomic mass is 10.2. The second-order valence-corrected chi connectivity index (χ2v) is 13.0. The molecule has 126 valence electrons. The Kier molecular flexibility index (Phi) is 6.38. The molecule has 0 saturated heterocycles. The highest BCUT2D eigenvalue weighted by atomic mass is 79.9. The normalized spacial score (nSPS) is 11.7. The van der Waals surface area contributed by atoms with Gasteiger partial charge in [-0.3, -0.25) is 0 Å². The van der Waals surface area contributed by atoms with Crippen molar-refractivity contribution in [3.8, 4) is 17.4 Å². The van der Waals surface area contributed by atoms with E-state index in [2.05, 4.69) is 45.7 Å². The number of halogens is 1. The minimum Gasteiger partial charge on any atom is -0.463 e. The number of benzene rings is 1. The van der Waals surface area contributed by atoms with Crippen LogP contribution in [0.25, 0.3) is 11.4 Å². The molecule has 7 heteroatoms. The SMILES string of the molecule is CCOc1nc(-c2ccc(Br)cc2)n(COCC[Si](C)(C)C)n1. The molecule has 0 aliphatic heterocycles. The standard InChI is InChI=1S/C16H24BrN3O2Si/c1-5-22-16-18-15(13-6-8-14(17)9-7-13)20(19-16)12-21-10-11-23(2,3)4/h6-9H,5,10-12H2,1-4H3. The number of aromatic nitrogens is 3. The lowest BCUT2D eigenvalue weighted by Crippen LogP contribution is -2.22. The molecule has 0 spiro atoms. The number of hydrogen-bond donors (Lipinski definition) is 0. The fourth-order valence-corrected chi connectivity index (χ4v) is 2.96. The maximum Gasteiger partial charge on any atom is 0.336 e. The predicted molar refractivity (Wildman–Crippen MR) is 98.4 cm³/mol. The molecule has 0 aliphatic carbocycles. The molecule has 0 unspecified atom stereocenters. The Hall–Kier alpha value is -1.18. The number of hydrogen-bond acceptors (Lipinski definition) is 4. The largest absolute Gasteiger partial charge is 0.463 e. The Morgan fingerprint density at radius 1 is 1.17 bits per heavy atom. The molecule has 0 radical (unpaired) electrons. The Balaban J connectivity index is 2.11. The maximum atomic E-state index is 5.80. The third kappa shape index (κ3) is 5.75. The van der Waals surface area contributed by atoms with Crippen molar-refractivity contribution in [3.05, 3.63) is 28.7 Å². The summed E-state index contributed by atoms with van der Waals surface area (Å²) in [5.41, 5.74) is 0.987. The summed E-state index contributed by atoms with van der Waals surface area (Å²) in [6.07, 6.45) is 0. The average molecular weight is 398 g/mol. The van der Waals surface area contributed by atoms with Gasteiger partial charge in [0.05, 0.1) is 6.61 Å². The summed E-state index contributed by atoms with van der Waals surface area (Å²) >= 11 is 3.45. The van der Waals surface area contributed by atoms with Crippen molar-refractivity contribution < 1.29 is 9.47 Å². The third-order valence-corrected chi connectivity index (χ3v) is 5.47. The van der Waals surface area contributed by atoms with E-state index < -0.39 is 8.07 Å². The van der Waals surface area contributed by atoms with E-state index in [-0.39, 0.29) is 0 Å². The van der Waals surface area contributed by atoms with Crippen LogP contribution in [0.2, 0.25) is 25.7 Å². The van der Waals surface area contributed by atoms with Crippen molar-refractivity contribution in [1.82, 2.24) is 14.8 Å². The van der Waals surface area contributed by atoms with Crippen LogP contribution in [0.4, 0.5) is 0 Å². The van der Waals surface area contributed by atoms with Crippen molar-refractivity contribution in [2.45, 2.75) is 39.3 Å². The smallest absolute Gasteiger partial charge is 0.336 e. The van der Waals surface area contributed by atoms with Crippen molar-refractivity contribution in [2.24, 2.45) is 0 Å². The van der Waals surface area contributed by atoms with Gasteiger partial charge < -0.3 is 9.47 Å². The van der Waals surface area contributed by atoms with Crippen LogP contribution in [0.3, 0.4) is 0 Å². The number of nitrogens with zero attached hydrogens (tertiary/aromatic N) is 3. The van der Waals surface area contributed by atoms with Crippen LogP contribution < -0.4 is 4.74 Å². The van der Waals surface area contributed by atoms with Gasteiger partial charge >= 0.3 is 6.01 Å². The zero-order valence-electron chi connectivity index (χ0n) is 14.2. The van der Waals surface area contributed by atoms with Crippen LogP contribution in [0, 0.1) is 0 Å². The highest BCUT2D eigenvalue weighted by Gasteiger charge is 2.15. The number of rotatable bonds is 8. The first-order chi connectivity index (χ1) is 10.9. The first-order valence-corrected chi connectivity index (χ1v) is 12.3. The quantitative estimate of drug-likeness (QED) is 0.488. The fraction of sp³-hybridized carbons (Fsp3) is 0.500. The van der Waals surface area contributed by atoms with Gasteiger partial charge in [0, 0.05) is 24.7 Å². The van der Waals surface area contributed by atoms with Gasteiger partial charge in [0.1, 0.15) is 6.73 Å². The van der Waals surface area contributed by atoms with E-state index in [0.29, 0.717) is 19.3 Å². The molecule has 1 heterocycles. The Morgan fingerprint density at radius 2 is 1.87 bits per heavy atom. The molecular weight excluding hydrogens is 374 g/mol. The molecule has 1 aromatic heterocycles. The summed E-state index contributed by atoms with van der Waals surface area (Å²) in [4.78, 5) is 4.47. The van der Waals surface area contributed by atoms with E-state index in [1.54, 1.807) is 4.68 Å². The lowest BCUT2D eigenvalue weighted by Gasteiger charge is -2.15. The van der Waals surface area contributed by atoms with Gasteiger partial charge in [0.25, 0.3) is 0 Å². The van der Waals surface area contributed by atoms with Crippen LogP contribution in [0.5, 0.6) is 6.01 Å². The van der Waals surface area contributed by atoms with Crippen molar-refractivity contribution in [2.75, 3.05) is 13.2 Å². The van der Waals surface area contributed by atoms with Crippen molar-refractivity contribution in [1.29, 1.82) is 0 Å². The summed E-state index contributed by atoms with van der Waals surface area (Å²) in [6.45, 7) is 10.6. The molecule has 2 aromatic rings. The summed E-state index contributed by atoms with van der Waals surface area (Å²) in [5.74, 6) is 0.758. The predicted octanol–water partition coefficient (Wildman–Crippen LogP) is 4.42. The second-order valence-electron chi connectivity index (χ2n) is 6.51. The minimum absolute atomic E-state index is 0.385. The molecule has 0 N–H and O–H groups in total. The molecular formula is C16H24BrN3O2Si. The van der Waals surface area contributed by atoms with E-state index in [1.165, 1.54) is 0 Å². The Labute approximate surface area is 147 Å². The molecule has 0 bridgehead atoms. The molecule has 0 amide bonds. The zero-order chi connectivity index (χ0) is 16.9. The maximum absolute atomic E-state index is 5.80. The molecule has 0 atom stereocenters.